The molecule has 1 rings (SSSR count). The van der Waals surface area contributed by atoms with Crippen LogP contribution in [0.25, 0.3) is 0 Å². The highest BCUT2D eigenvalue weighted by atomic mass is 16.5. The van der Waals surface area contributed by atoms with E-state index in [-0.39, 0.29) is 5.41 Å². The second kappa shape index (κ2) is 4.09. The van der Waals surface area contributed by atoms with Gasteiger partial charge in [0.05, 0.1) is 5.41 Å². The van der Waals surface area contributed by atoms with E-state index < -0.39 is 0 Å². The van der Waals surface area contributed by atoms with E-state index in [9.17, 15) is 0 Å². The third kappa shape index (κ3) is 2.54. The lowest BCUT2D eigenvalue weighted by Gasteiger charge is -2.15. The Hall–Kier alpha value is -0.900. The quantitative estimate of drug-likeness (QED) is 0.794. The van der Waals surface area contributed by atoms with Crippen molar-refractivity contribution in [2.75, 3.05) is 6.54 Å². The molecule has 0 unspecified atom stereocenters. The highest BCUT2D eigenvalue weighted by Crippen LogP contribution is 2.19. The molecule has 0 aliphatic carbocycles. The predicted molar refractivity (Wildman–Crippen MR) is 54.9 cm³/mol. The van der Waals surface area contributed by atoms with Crippen LogP contribution in [0.1, 0.15) is 39.4 Å². The van der Waals surface area contributed by atoms with Gasteiger partial charge < -0.3 is 10.3 Å². The molecular weight excluding hydrogens is 178 g/mol. The smallest absolute Gasteiger partial charge is 0.233 e. The average molecular weight is 197 g/mol. The van der Waals surface area contributed by atoms with Gasteiger partial charge in [0.2, 0.25) is 5.89 Å². The van der Waals surface area contributed by atoms with Crippen LogP contribution in [0.2, 0.25) is 0 Å². The standard InChI is InChI=1S/C10H19N3O/c1-7(2)5-8-12-9(14-13-8)10(3,4)6-11/h7H,5-6,11H2,1-4H3. The van der Waals surface area contributed by atoms with E-state index in [2.05, 4.69) is 24.0 Å². The number of rotatable bonds is 4. The van der Waals surface area contributed by atoms with E-state index in [4.69, 9.17) is 10.3 Å². The van der Waals surface area contributed by atoms with Crippen LogP contribution in [0.15, 0.2) is 4.52 Å². The molecule has 0 aliphatic heterocycles. The molecule has 0 bridgehead atoms. The highest BCUT2D eigenvalue weighted by molar-refractivity contribution is 5.01. The summed E-state index contributed by atoms with van der Waals surface area (Å²) in [6.45, 7) is 8.77. The van der Waals surface area contributed by atoms with Crippen LogP contribution < -0.4 is 5.73 Å². The zero-order chi connectivity index (χ0) is 10.8. The Morgan fingerprint density at radius 3 is 2.57 bits per heavy atom. The summed E-state index contributed by atoms with van der Waals surface area (Å²) in [5.41, 5.74) is 5.40. The van der Waals surface area contributed by atoms with Crippen molar-refractivity contribution in [2.24, 2.45) is 11.7 Å². The molecule has 4 heteroatoms. The molecule has 0 atom stereocenters. The first kappa shape index (κ1) is 11.2. The second-order valence-corrected chi connectivity index (χ2v) is 4.70. The van der Waals surface area contributed by atoms with Crippen LogP contribution in [-0.2, 0) is 11.8 Å². The first-order valence-electron chi connectivity index (χ1n) is 4.99. The Kier molecular flexibility index (Phi) is 3.26. The fourth-order valence-electron chi connectivity index (χ4n) is 1.06. The molecule has 1 heterocycles. The molecule has 4 nitrogen and oxygen atoms in total. The SMILES string of the molecule is CC(C)Cc1noc(C(C)(C)CN)n1. The van der Waals surface area contributed by atoms with Gasteiger partial charge in [0.25, 0.3) is 0 Å². The van der Waals surface area contributed by atoms with Crippen LogP contribution in [0.4, 0.5) is 0 Å². The Labute approximate surface area is 84.9 Å². The van der Waals surface area contributed by atoms with Crippen LogP contribution in [0, 0.1) is 5.92 Å². The fourth-order valence-corrected chi connectivity index (χ4v) is 1.06. The Morgan fingerprint density at radius 1 is 1.43 bits per heavy atom. The summed E-state index contributed by atoms with van der Waals surface area (Å²) in [7, 11) is 0. The predicted octanol–water partition coefficient (Wildman–Crippen LogP) is 1.50. The van der Waals surface area contributed by atoms with Crippen molar-refractivity contribution < 1.29 is 4.52 Å². The molecule has 0 saturated heterocycles. The number of hydrogen-bond donors (Lipinski definition) is 1. The van der Waals surface area contributed by atoms with Crippen LogP contribution in [0.5, 0.6) is 0 Å². The van der Waals surface area contributed by atoms with E-state index in [1.165, 1.54) is 0 Å². The first-order valence-corrected chi connectivity index (χ1v) is 4.99. The summed E-state index contributed by atoms with van der Waals surface area (Å²) in [5.74, 6) is 1.95. The van der Waals surface area contributed by atoms with Crippen molar-refractivity contribution in [3.05, 3.63) is 11.7 Å². The lowest BCUT2D eigenvalue weighted by atomic mass is 9.94. The van der Waals surface area contributed by atoms with Gasteiger partial charge in [0.1, 0.15) is 0 Å². The zero-order valence-corrected chi connectivity index (χ0v) is 9.37. The number of hydrogen-bond acceptors (Lipinski definition) is 4. The van der Waals surface area contributed by atoms with Gasteiger partial charge in [-0.15, -0.1) is 0 Å². The van der Waals surface area contributed by atoms with Gasteiger partial charge >= 0.3 is 0 Å². The molecule has 1 aromatic rings. The molecular formula is C10H19N3O. The molecule has 0 aliphatic rings. The number of nitrogens with two attached hydrogens (primary N) is 1. The first-order chi connectivity index (χ1) is 6.45. The molecule has 80 valence electrons. The van der Waals surface area contributed by atoms with Crippen molar-refractivity contribution in [3.63, 3.8) is 0 Å². The van der Waals surface area contributed by atoms with Crippen molar-refractivity contribution in [2.45, 2.75) is 39.5 Å². The summed E-state index contributed by atoms with van der Waals surface area (Å²) >= 11 is 0. The fraction of sp³-hybridized carbons (Fsp3) is 0.800. The lowest BCUT2D eigenvalue weighted by Crippen LogP contribution is -2.28. The summed E-state index contributed by atoms with van der Waals surface area (Å²) in [5, 5.41) is 3.93. The molecule has 2 N–H and O–H groups in total. The van der Waals surface area contributed by atoms with Crippen molar-refractivity contribution in [1.82, 2.24) is 10.1 Å². The van der Waals surface area contributed by atoms with Gasteiger partial charge in [-0.3, -0.25) is 0 Å². The monoisotopic (exact) mass is 197 g/mol. The molecule has 0 amide bonds. The van der Waals surface area contributed by atoms with E-state index >= 15 is 0 Å². The second-order valence-electron chi connectivity index (χ2n) is 4.70. The number of aromatic nitrogens is 2. The summed E-state index contributed by atoms with van der Waals surface area (Å²) in [6.07, 6.45) is 0.851. The molecule has 1 aromatic heterocycles. The minimum absolute atomic E-state index is 0.220. The minimum atomic E-state index is -0.220. The zero-order valence-electron chi connectivity index (χ0n) is 9.37. The molecule has 0 radical (unpaired) electrons. The highest BCUT2D eigenvalue weighted by Gasteiger charge is 2.25. The Bertz CT molecular complexity index is 291. The van der Waals surface area contributed by atoms with Gasteiger partial charge in [-0.25, -0.2) is 0 Å². The van der Waals surface area contributed by atoms with Crippen molar-refractivity contribution in [3.8, 4) is 0 Å². The Morgan fingerprint density at radius 2 is 2.07 bits per heavy atom. The molecule has 0 fully saturated rings. The van der Waals surface area contributed by atoms with Gasteiger partial charge in [0.15, 0.2) is 5.82 Å². The van der Waals surface area contributed by atoms with Gasteiger partial charge in [0, 0.05) is 13.0 Å². The van der Waals surface area contributed by atoms with E-state index in [1.54, 1.807) is 0 Å². The van der Waals surface area contributed by atoms with Crippen LogP contribution >= 0.6 is 0 Å². The molecule has 0 saturated carbocycles. The van der Waals surface area contributed by atoms with Gasteiger partial charge in [-0.1, -0.05) is 19.0 Å². The maximum absolute atomic E-state index is 5.62. The summed E-state index contributed by atoms with van der Waals surface area (Å²) < 4.78 is 5.18. The normalized spacial score (nSPS) is 12.4. The lowest BCUT2D eigenvalue weighted by molar-refractivity contribution is 0.308. The van der Waals surface area contributed by atoms with Crippen molar-refractivity contribution in [1.29, 1.82) is 0 Å². The van der Waals surface area contributed by atoms with Crippen LogP contribution in [0.3, 0.4) is 0 Å². The summed E-state index contributed by atoms with van der Waals surface area (Å²) in [4.78, 5) is 4.34. The van der Waals surface area contributed by atoms with E-state index in [0.717, 1.165) is 12.2 Å². The average Bonchev–Trinajstić information content (AvgIpc) is 2.52. The Balaban J connectivity index is 2.77. The van der Waals surface area contributed by atoms with Gasteiger partial charge in [-0.2, -0.15) is 4.98 Å². The third-order valence-corrected chi connectivity index (χ3v) is 2.15. The molecule has 0 aromatic carbocycles. The third-order valence-electron chi connectivity index (χ3n) is 2.15. The summed E-state index contributed by atoms with van der Waals surface area (Å²) in [6, 6.07) is 0. The van der Waals surface area contributed by atoms with Crippen molar-refractivity contribution >= 4 is 0 Å². The minimum Gasteiger partial charge on any atom is -0.339 e. The molecule has 14 heavy (non-hydrogen) atoms. The molecule has 0 spiro atoms. The van der Waals surface area contributed by atoms with Gasteiger partial charge in [-0.05, 0) is 19.8 Å². The maximum atomic E-state index is 5.62. The van der Waals surface area contributed by atoms with E-state index in [0.29, 0.717) is 18.4 Å². The van der Waals surface area contributed by atoms with E-state index in [1.807, 2.05) is 13.8 Å². The largest absolute Gasteiger partial charge is 0.339 e. The topological polar surface area (TPSA) is 64.9 Å². The van der Waals surface area contributed by atoms with Crippen LogP contribution in [-0.4, -0.2) is 16.7 Å². The maximum Gasteiger partial charge on any atom is 0.233 e. The number of nitrogens with zero attached hydrogens (tertiary/aromatic N) is 2.